The molecule has 0 saturated heterocycles. The Balaban J connectivity index is 0.000000390. The van der Waals surface area contributed by atoms with Crippen LogP contribution in [0.1, 0.15) is 0 Å². The second-order valence-electron chi connectivity index (χ2n) is 6.17. The number of halogens is 3. The van der Waals surface area contributed by atoms with E-state index in [9.17, 15) is 18.3 Å². The second kappa shape index (κ2) is 10.7. The number of phenolic OH excluding ortho intramolecular Hbond substituents is 1. The zero-order chi connectivity index (χ0) is 23.9. The van der Waals surface area contributed by atoms with Crippen LogP contribution in [0.15, 0.2) is 72.8 Å². The summed E-state index contributed by atoms with van der Waals surface area (Å²) in [4.78, 5) is 0. The number of aromatic hydroxyl groups is 1. The number of methoxy groups -OCH3 is 2. The molecule has 3 rings (SSSR count). The topological polar surface area (TPSA) is 93.1 Å². The number of hydrogen-bond donors (Lipinski definition) is 2. The van der Waals surface area contributed by atoms with Gasteiger partial charge >= 0.3 is 15.6 Å². The van der Waals surface area contributed by atoms with Gasteiger partial charge in [-0.3, -0.25) is 4.55 Å². The number of phenols is 1. The van der Waals surface area contributed by atoms with Gasteiger partial charge in [-0.05, 0) is 60.2 Å². The third kappa shape index (κ3) is 6.85. The standard InChI is InChI=1S/C20H19O3P.CHF3O3S/c1-22-16-5-11-19(12-6-16)24(18-9-3-15(21)4-10-18)20-13-7-17(23-2)8-14-20;2-1(3,4)8(5,6)7/h3-14,21H,1-2H3;(H,5,6,7). The fraction of sp³-hybridized carbons (Fsp3) is 0.143. The van der Waals surface area contributed by atoms with Crippen LogP contribution < -0.4 is 25.4 Å². The molecule has 0 radical (unpaired) electrons. The molecule has 0 bridgehead atoms. The normalized spacial score (nSPS) is 11.5. The molecule has 3 aromatic rings. The molecule has 32 heavy (non-hydrogen) atoms. The maximum Gasteiger partial charge on any atom is 0.522 e. The summed E-state index contributed by atoms with van der Waals surface area (Å²) in [6, 6.07) is 23.7. The highest BCUT2D eigenvalue weighted by Crippen LogP contribution is 2.34. The molecule has 0 heterocycles. The second-order valence-corrected chi connectivity index (χ2v) is 9.80. The van der Waals surface area contributed by atoms with E-state index in [-0.39, 0.29) is 5.75 Å². The van der Waals surface area contributed by atoms with Gasteiger partial charge in [-0.15, -0.1) is 0 Å². The summed E-state index contributed by atoms with van der Waals surface area (Å²) < 4.78 is 68.1. The van der Waals surface area contributed by atoms with Crippen LogP contribution in [-0.2, 0) is 10.1 Å². The molecule has 0 aliphatic heterocycles. The largest absolute Gasteiger partial charge is 0.522 e. The Labute approximate surface area is 184 Å². The van der Waals surface area contributed by atoms with E-state index in [1.165, 1.54) is 15.9 Å². The van der Waals surface area contributed by atoms with E-state index < -0.39 is 23.5 Å². The van der Waals surface area contributed by atoms with E-state index in [0.29, 0.717) is 0 Å². The van der Waals surface area contributed by atoms with Crippen molar-refractivity contribution < 1.29 is 40.7 Å². The Hall–Kier alpha value is -2.81. The van der Waals surface area contributed by atoms with Gasteiger partial charge in [-0.2, -0.15) is 21.6 Å². The van der Waals surface area contributed by atoms with E-state index in [1.54, 1.807) is 26.4 Å². The van der Waals surface area contributed by atoms with Crippen molar-refractivity contribution in [3.8, 4) is 17.2 Å². The molecule has 3 aromatic carbocycles. The molecule has 0 amide bonds. The van der Waals surface area contributed by atoms with Crippen LogP contribution in [0.3, 0.4) is 0 Å². The lowest BCUT2D eigenvalue weighted by molar-refractivity contribution is -0.0510. The first kappa shape index (κ1) is 25.5. The Morgan fingerprint density at radius 3 is 1.25 bits per heavy atom. The lowest BCUT2D eigenvalue weighted by Crippen LogP contribution is -2.21. The first-order chi connectivity index (χ1) is 15.0. The van der Waals surface area contributed by atoms with Gasteiger partial charge in [-0.1, -0.05) is 36.4 Å². The number of ether oxygens (including phenoxy) is 2. The molecular formula is C21H20F3O6PS. The van der Waals surface area contributed by atoms with E-state index >= 15 is 0 Å². The summed E-state index contributed by atoms with van der Waals surface area (Å²) in [5.74, 6) is 1.96. The van der Waals surface area contributed by atoms with E-state index in [4.69, 9.17) is 22.4 Å². The minimum Gasteiger partial charge on any atom is -0.508 e. The summed E-state index contributed by atoms with van der Waals surface area (Å²) in [5, 5.41) is 13.2. The highest BCUT2D eigenvalue weighted by Gasteiger charge is 2.44. The Kier molecular flexibility index (Phi) is 8.49. The Morgan fingerprint density at radius 1 is 0.719 bits per heavy atom. The number of rotatable bonds is 5. The Bertz CT molecular complexity index is 1050. The highest BCUT2D eigenvalue weighted by atomic mass is 32.2. The third-order valence-electron chi connectivity index (χ3n) is 4.06. The number of hydrogen-bond acceptors (Lipinski definition) is 5. The van der Waals surface area contributed by atoms with Crippen LogP contribution in [0.25, 0.3) is 0 Å². The van der Waals surface area contributed by atoms with E-state index in [2.05, 4.69) is 24.3 Å². The highest BCUT2D eigenvalue weighted by molar-refractivity contribution is 7.86. The van der Waals surface area contributed by atoms with Crippen LogP contribution >= 0.6 is 7.92 Å². The zero-order valence-corrected chi connectivity index (χ0v) is 18.7. The van der Waals surface area contributed by atoms with Gasteiger partial charge in [0.1, 0.15) is 17.2 Å². The van der Waals surface area contributed by atoms with Gasteiger partial charge in [0.15, 0.2) is 0 Å². The quantitative estimate of drug-likeness (QED) is 0.324. The molecule has 0 aliphatic rings. The van der Waals surface area contributed by atoms with Gasteiger partial charge < -0.3 is 14.6 Å². The van der Waals surface area contributed by atoms with Crippen molar-refractivity contribution in [1.29, 1.82) is 0 Å². The molecule has 6 nitrogen and oxygen atoms in total. The first-order valence-electron chi connectivity index (χ1n) is 8.87. The van der Waals surface area contributed by atoms with Gasteiger partial charge in [0.2, 0.25) is 0 Å². The van der Waals surface area contributed by atoms with Crippen LogP contribution in [-0.4, -0.2) is 37.8 Å². The van der Waals surface area contributed by atoms with Gasteiger partial charge in [-0.25, -0.2) is 0 Å². The zero-order valence-electron chi connectivity index (χ0n) is 16.9. The van der Waals surface area contributed by atoms with Crippen LogP contribution in [0.4, 0.5) is 13.2 Å². The van der Waals surface area contributed by atoms with E-state index in [0.717, 1.165) is 11.5 Å². The van der Waals surface area contributed by atoms with Crippen molar-refractivity contribution in [2.75, 3.05) is 14.2 Å². The average Bonchev–Trinajstić information content (AvgIpc) is 2.75. The molecule has 0 unspecified atom stereocenters. The molecule has 0 saturated carbocycles. The van der Waals surface area contributed by atoms with Crippen LogP contribution in [0, 0.1) is 0 Å². The van der Waals surface area contributed by atoms with Crippen molar-refractivity contribution in [3.63, 3.8) is 0 Å². The monoisotopic (exact) mass is 488 g/mol. The summed E-state index contributed by atoms with van der Waals surface area (Å²) in [7, 11) is -3.22. The summed E-state index contributed by atoms with van der Waals surface area (Å²) in [6.45, 7) is 0. The lowest BCUT2D eigenvalue weighted by Gasteiger charge is -2.20. The minimum absolute atomic E-state index is 0.276. The SMILES string of the molecule is COc1ccc(P(c2ccc(O)cc2)c2ccc(OC)cc2)cc1.O=S(=O)(O)C(F)(F)F. The van der Waals surface area contributed by atoms with Crippen molar-refractivity contribution in [3.05, 3.63) is 72.8 Å². The fourth-order valence-corrected chi connectivity index (χ4v) is 4.75. The predicted octanol–water partition coefficient (Wildman–Crippen LogP) is 3.56. The summed E-state index contributed by atoms with van der Waals surface area (Å²) >= 11 is 0. The molecular weight excluding hydrogens is 468 g/mol. The molecule has 2 N–H and O–H groups in total. The number of benzene rings is 3. The van der Waals surface area contributed by atoms with Crippen LogP contribution in [0.2, 0.25) is 0 Å². The molecule has 0 aliphatic carbocycles. The van der Waals surface area contributed by atoms with Gasteiger partial charge in [0.05, 0.1) is 14.2 Å². The molecule has 0 atom stereocenters. The molecule has 172 valence electrons. The molecule has 0 spiro atoms. The summed E-state index contributed by atoms with van der Waals surface area (Å²) in [5.41, 5.74) is -5.53. The van der Waals surface area contributed by atoms with Gasteiger partial charge in [0, 0.05) is 0 Å². The molecule has 11 heteroatoms. The Morgan fingerprint density at radius 2 is 1.00 bits per heavy atom. The summed E-state index contributed by atoms with van der Waals surface area (Å²) in [6.07, 6.45) is 0. The van der Waals surface area contributed by atoms with Crippen molar-refractivity contribution in [2.45, 2.75) is 5.51 Å². The van der Waals surface area contributed by atoms with Gasteiger partial charge in [0.25, 0.3) is 0 Å². The number of alkyl halides is 3. The predicted molar refractivity (Wildman–Crippen MR) is 118 cm³/mol. The first-order valence-corrected chi connectivity index (χ1v) is 11.7. The smallest absolute Gasteiger partial charge is 0.508 e. The van der Waals surface area contributed by atoms with Crippen molar-refractivity contribution >= 4 is 34.0 Å². The third-order valence-corrected chi connectivity index (χ3v) is 7.09. The van der Waals surface area contributed by atoms with E-state index in [1.807, 2.05) is 36.4 Å². The van der Waals surface area contributed by atoms with Crippen molar-refractivity contribution in [2.24, 2.45) is 0 Å². The van der Waals surface area contributed by atoms with Crippen LogP contribution in [0.5, 0.6) is 17.2 Å². The average molecular weight is 488 g/mol. The maximum atomic E-state index is 10.7. The van der Waals surface area contributed by atoms with Crippen molar-refractivity contribution in [1.82, 2.24) is 0 Å². The minimum atomic E-state index is -5.84. The fourth-order valence-electron chi connectivity index (χ4n) is 2.51. The molecule has 0 fully saturated rings. The lowest BCUT2D eigenvalue weighted by atomic mass is 10.3. The maximum absolute atomic E-state index is 10.7. The molecule has 0 aromatic heterocycles.